The molecule has 0 unspecified atom stereocenters. The van der Waals surface area contributed by atoms with Crippen LogP contribution in [-0.4, -0.2) is 30.2 Å². The van der Waals surface area contributed by atoms with E-state index in [2.05, 4.69) is 34.6 Å². The first-order chi connectivity index (χ1) is 9.45. The number of hydrogen-bond donors (Lipinski definition) is 0. The van der Waals surface area contributed by atoms with Crippen LogP contribution in [0.1, 0.15) is 48.5 Å². The fourth-order valence-corrected chi connectivity index (χ4v) is 1.77. The molecular formula is C13H28Cl4N3Ti+. The summed E-state index contributed by atoms with van der Waals surface area (Å²) in [6, 6.07) is 4.28. The molecule has 0 aliphatic heterocycles. The average Bonchev–Trinajstić information content (AvgIpc) is 2.31. The molecule has 21 heavy (non-hydrogen) atoms. The predicted molar refractivity (Wildman–Crippen MR) is 93.0 cm³/mol. The van der Waals surface area contributed by atoms with Gasteiger partial charge in [-0.3, -0.25) is 0 Å². The van der Waals surface area contributed by atoms with Crippen molar-refractivity contribution in [3.8, 4) is 12.1 Å². The first-order valence-electron chi connectivity index (χ1n) is 6.69. The van der Waals surface area contributed by atoms with E-state index in [0.29, 0.717) is 0 Å². The summed E-state index contributed by atoms with van der Waals surface area (Å²) in [4.78, 5) is 0. The minimum atomic E-state index is -3.11. The molecule has 0 atom stereocenters. The number of nitriles is 2. The minimum absolute atomic E-state index is 0.778. The average molecular weight is 416 g/mol. The second-order valence-corrected chi connectivity index (χ2v) is 19.6. The normalized spacial score (nSPS) is 9.62. The molecule has 0 saturated heterocycles. The van der Waals surface area contributed by atoms with E-state index >= 15 is 0 Å². The Labute approximate surface area is 150 Å². The molecule has 0 radical (unpaired) electrons. The monoisotopic (exact) mass is 414 g/mol. The van der Waals surface area contributed by atoms with E-state index < -0.39 is 12.3 Å². The quantitative estimate of drug-likeness (QED) is 0.412. The molecule has 0 N–H and O–H groups in total. The summed E-state index contributed by atoms with van der Waals surface area (Å²) in [6.45, 7) is 18.2. The summed E-state index contributed by atoms with van der Waals surface area (Å²) < 4.78 is 1.26. The molecule has 0 saturated carbocycles. The second-order valence-electron chi connectivity index (χ2n) is 4.14. The molecule has 0 heterocycles. The van der Waals surface area contributed by atoms with Crippen LogP contribution < -0.4 is 0 Å². The van der Waals surface area contributed by atoms with Crippen molar-refractivity contribution in [2.75, 3.05) is 19.6 Å². The van der Waals surface area contributed by atoms with Crippen LogP contribution in [0.15, 0.2) is 0 Å². The van der Waals surface area contributed by atoms with Crippen LogP contribution in [0.2, 0.25) is 0 Å². The van der Waals surface area contributed by atoms with Gasteiger partial charge in [-0.05, 0) is 34.6 Å². The molecular weight excluding hydrogens is 388 g/mol. The van der Waals surface area contributed by atoms with E-state index in [0.717, 1.165) is 6.04 Å². The van der Waals surface area contributed by atoms with Gasteiger partial charge < -0.3 is 4.48 Å². The Morgan fingerprint density at radius 2 is 1.00 bits per heavy atom. The molecule has 126 valence electrons. The zero-order chi connectivity index (χ0) is 18.1. The third-order valence-corrected chi connectivity index (χ3v) is 2.98. The molecule has 8 heteroatoms. The summed E-state index contributed by atoms with van der Waals surface area (Å²) in [5.74, 6) is 0. The maximum atomic E-state index is 7.32. The third kappa shape index (κ3) is 29.5. The Morgan fingerprint density at radius 3 is 1.00 bits per heavy atom. The molecule has 0 aromatic carbocycles. The Kier molecular flexibility index (Phi) is 26.7. The molecule has 0 aliphatic rings. The van der Waals surface area contributed by atoms with E-state index in [1.807, 2.05) is 0 Å². The summed E-state index contributed by atoms with van der Waals surface area (Å²) >= 11 is -3.11. The summed E-state index contributed by atoms with van der Waals surface area (Å²) in [5, 5.41) is 14.6. The zero-order valence-corrected chi connectivity index (χ0v) is 18.6. The van der Waals surface area contributed by atoms with Crippen LogP contribution in [0, 0.1) is 22.7 Å². The van der Waals surface area contributed by atoms with Crippen LogP contribution in [0.3, 0.4) is 0 Å². The molecule has 0 amide bonds. The Bertz CT molecular complexity index is 263. The summed E-state index contributed by atoms with van der Waals surface area (Å²) in [7, 11) is 20.1. The van der Waals surface area contributed by atoms with E-state index in [-0.39, 0.29) is 0 Å². The van der Waals surface area contributed by atoms with Crippen molar-refractivity contribution < 1.29 is 16.8 Å². The predicted octanol–water partition coefficient (Wildman–Crippen LogP) is 6.09. The van der Waals surface area contributed by atoms with Gasteiger partial charge in [0, 0.05) is 13.8 Å². The van der Waals surface area contributed by atoms with Crippen LogP contribution in [0.25, 0.3) is 0 Å². The first kappa shape index (κ1) is 29.8. The van der Waals surface area contributed by atoms with Crippen LogP contribution in [-0.2, 0) is 12.3 Å². The van der Waals surface area contributed by atoms with Gasteiger partial charge in [0.1, 0.15) is 0 Å². The Balaban J connectivity index is -0.000000110. The fraction of sp³-hybridized carbons (Fsp3) is 0.846. The van der Waals surface area contributed by atoms with Gasteiger partial charge in [-0.25, -0.2) is 0 Å². The summed E-state index contributed by atoms with van der Waals surface area (Å²) in [6.07, 6.45) is 0. The van der Waals surface area contributed by atoms with Crippen LogP contribution >= 0.6 is 37.2 Å². The van der Waals surface area contributed by atoms with Gasteiger partial charge in [-0.1, -0.05) is 0 Å². The Morgan fingerprint density at radius 1 is 0.857 bits per heavy atom. The van der Waals surface area contributed by atoms with Crippen molar-refractivity contribution in [2.45, 2.75) is 54.5 Å². The molecule has 0 rings (SSSR count). The van der Waals surface area contributed by atoms with Crippen molar-refractivity contribution in [1.29, 1.82) is 10.5 Å². The van der Waals surface area contributed by atoms with Gasteiger partial charge in [0.05, 0.1) is 37.8 Å². The Hall–Kier alpha value is 0.814. The van der Waals surface area contributed by atoms with Gasteiger partial charge in [0.2, 0.25) is 0 Å². The van der Waals surface area contributed by atoms with Gasteiger partial charge in [-0.2, -0.15) is 10.5 Å². The third-order valence-electron chi connectivity index (χ3n) is 2.98. The molecule has 3 nitrogen and oxygen atoms in total. The standard InChI is InChI=1S/C9H22N.2C2H3N.4ClH.Ti/c1-6-10(7-2,8-3)9(4)5;2*1-2-3;;;;;/h9H,6-8H2,1-5H3;2*1H3;4*1H;/q+1;;;;;;;+4/p-4. The van der Waals surface area contributed by atoms with Crippen molar-refractivity contribution >= 4 is 37.2 Å². The van der Waals surface area contributed by atoms with E-state index in [9.17, 15) is 0 Å². The number of rotatable bonds is 4. The van der Waals surface area contributed by atoms with Gasteiger partial charge >= 0.3 is 49.6 Å². The topological polar surface area (TPSA) is 47.6 Å². The van der Waals surface area contributed by atoms with Crippen molar-refractivity contribution in [2.24, 2.45) is 0 Å². The van der Waals surface area contributed by atoms with Gasteiger partial charge in [0.15, 0.2) is 0 Å². The molecule has 0 aliphatic carbocycles. The summed E-state index contributed by atoms with van der Waals surface area (Å²) in [5.41, 5.74) is 0. The zero-order valence-electron chi connectivity index (χ0n) is 14.1. The fourth-order valence-electron chi connectivity index (χ4n) is 1.77. The molecule has 0 aromatic rings. The van der Waals surface area contributed by atoms with E-state index in [4.69, 9.17) is 47.7 Å². The molecule has 0 spiro atoms. The first-order valence-corrected chi connectivity index (χ1v) is 15.3. The van der Waals surface area contributed by atoms with Crippen LogP contribution in [0.5, 0.6) is 0 Å². The number of nitrogens with zero attached hydrogens (tertiary/aromatic N) is 3. The van der Waals surface area contributed by atoms with Gasteiger partial charge in [0.25, 0.3) is 0 Å². The molecule has 0 bridgehead atoms. The number of halogens is 4. The number of quaternary nitrogens is 1. The van der Waals surface area contributed by atoms with Crippen LogP contribution in [0.4, 0.5) is 0 Å². The van der Waals surface area contributed by atoms with Gasteiger partial charge in [-0.15, -0.1) is 0 Å². The second kappa shape index (κ2) is 18.9. The van der Waals surface area contributed by atoms with Crippen molar-refractivity contribution in [3.63, 3.8) is 0 Å². The van der Waals surface area contributed by atoms with E-state index in [1.54, 1.807) is 12.1 Å². The molecule has 0 fully saturated rings. The van der Waals surface area contributed by atoms with Crippen molar-refractivity contribution in [3.05, 3.63) is 0 Å². The van der Waals surface area contributed by atoms with Crippen molar-refractivity contribution in [1.82, 2.24) is 0 Å². The maximum absolute atomic E-state index is 7.32. The number of hydrogen-bond acceptors (Lipinski definition) is 2. The molecule has 0 aromatic heterocycles. The van der Waals surface area contributed by atoms with E-state index in [1.165, 1.54) is 38.0 Å². The SMILES string of the molecule is CC#N.CC#N.CC[N+](CC)(CC)C(C)C.[Cl][Ti]([Cl])([Cl])[Cl].